The summed E-state index contributed by atoms with van der Waals surface area (Å²) in [5.74, 6) is 2.05. The Morgan fingerprint density at radius 1 is 0.955 bits per heavy atom. The second-order valence-electron chi connectivity index (χ2n) is 11.7. The minimum atomic E-state index is 0.509. The highest BCUT2D eigenvalue weighted by Gasteiger charge is 2.28. The second-order valence-corrected chi connectivity index (χ2v) is 13.2. The fraction of sp³-hybridized carbons (Fsp3) is 0.455. The summed E-state index contributed by atoms with van der Waals surface area (Å²) in [6, 6.07) is 8.98. The van der Waals surface area contributed by atoms with Crippen LogP contribution in [0.3, 0.4) is 0 Å². The molecule has 232 valence electrons. The van der Waals surface area contributed by atoms with Crippen molar-refractivity contribution in [1.29, 1.82) is 0 Å². The number of nitrogens with one attached hydrogen (secondary N) is 2. The molecule has 1 aliphatic heterocycles. The van der Waals surface area contributed by atoms with Crippen LogP contribution < -0.4 is 24.6 Å². The van der Waals surface area contributed by atoms with Crippen LogP contribution in [-0.2, 0) is 12.8 Å². The summed E-state index contributed by atoms with van der Waals surface area (Å²) in [5, 5.41) is 7.76. The lowest BCUT2D eigenvalue weighted by Gasteiger charge is -2.25. The topological polar surface area (TPSA) is 94.6 Å². The van der Waals surface area contributed by atoms with E-state index in [1.54, 1.807) is 19.5 Å². The van der Waals surface area contributed by atoms with Crippen molar-refractivity contribution in [3.63, 3.8) is 0 Å². The number of anilines is 6. The number of rotatable bonds is 12. The first-order valence-electron chi connectivity index (χ1n) is 15.5. The van der Waals surface area contributed by atoms with Crippen molar-refractivity contribution < 1.29 is 4.74 Å². The van der Waals surface area contributed by atoms with E-state index in [2.05, 4.69) is 82.9 Å². The molecular formula is C33H43N9OS. The van der Waals surface area contributed by atoms with Crippen molar-refractivity contribution in [2.45, 2.75) is 57.2 Å². The van der Waals surface area contributed by atoms with Gasteiger partial charge >= 0.3 is 0 Å². The first-order valence-corrected chi connectivity index (χ1v) is 16.4. The molecule has 3 heterocycles. The standard InChI is InChI=1S/C33H43N9OS/c1-7-21-17-27(29(43-6)18-28(21)42-16-13-23(20-42)40(3)4)38-33-36-19-22(8-2)32(39-33)37-26-12-11-25-30(35-15-14-34-25)31(26)41(5)44-24-9-10-24/h11-12,14-15,17-19,23-24H,7-10,13,16,20H2,1-6H3,(H2,36,37,38,39). The van der Waals surface area contributed by atoms with Gasteiger partial charge in [0.2, 0.25) is 5.95 Å². The van der Waals surface area contributed by atoms with Gasteiger partial charge < -0.3 is 29.5 Å². The number of fused-ring (bicyclic) bond motifs is 1. The molecule has 1 atom stereocenters. The van der Waals surface area contributed by atoms with Crippen molar-refractivity contribution in [3.8, 4) is 5.75 Å². The zero-order valence-electron chi connectivity index (χ0n) is 26.6. The molecule has 2 N–H and O–H groups in total. The molecule has 1 aliphatic carbocycles. The van der Waals surface area contributed by atoms with Crippen LogP contribution >= 0.6 is 11.9 Å². The summed E-state index contributed by atoms with van der Waals surface area (Å²) < 4.78 is 8.12. The molecule has 0 spiro atoms. The zero-order valence-corrected chi connectivity index (χ0v) is 27.4. The van der Waals surface area contributed by atoms with Crippen LogP contribution in [0, 0.1) is 0 Å². The van der Waals surface area contributed by atoms with Gasteiger partial charge in [-0.05, 0) is 81.9 Å². The third-order valence-electron chi connectivity index (χ3n) is 8.52. The van der Waals surface area contributed by atoms with Gasteiger partial charge in [0.1, 0.15) is 17.1 Å². The summed E-state index contributed by atoms with van der Waals surface area (Å²) in [7, 11) is 8.15. The quantitative estimate of drug-likeness (QED) is 0.173. The fourth-order valence-corrected chi connectivity index (χ4v) is 6.90. The highest BCUT2D eigenvalue weighted by atomic mass is 32.2. The van der Waals surface area contributed by atoms with E-state index in [4.69, 9.17) is 19.7 Å². The molecule has 2 aromatic heterocycles. The first-order chi connectivity index (χ1) is 21.4. The molecule has 44 heavy (non-hydrogen) atoms. The van der Waals surface area contributed by atoms with E-state index in [1.165, 1.54) is 24.1 Å². The van der Waals surface area contributed by atoms with Crippen molar-refractivity contribution in [2.24, 2.45) is 0 Å². The van der Waals surface area contributed by atoms with Gasteiger partial charge in [-0.2, -0.15) is 4.98 Å². The molecule has 2 fully saturated rings. The molecule has 10 nitrogen and oxygen atoms in total. The van der Waals surface area contributed by atoms with Crippen LogP contribution in [0.4, 0.5) is 34.5 Å². The van der Waals surface area contributed by atoms with Crippen LogP contribution in [0.5, 0.6) is 5.75 Å². The highest BCUT2D eigenvalue weighted by Crippen LogP contribution is 2.43. The Bertz CT molecular complexity index is 1630. The number of methoxy groups -OCH3 is 1. The predicted molar refractivity (Wildman–Crippen MR) is 183 cm³/mol. The molecular weight excluding hydrogens is 570 g/mol. The number of nitrogens with zero attached hydrogens (tertiary/aromatic N) is 7. The first kappa shape index (κ1) is 30.2. The number of likely N-dealkylation sites (N-methyl/N-ethyl adjacent to an activating group) is 1. The van der Waals surface area contributed by atoms with Crippen LogP contribution in [0.1, 0.15) is 44.2 Å². The summed E-state index contributed by atoms with van der Waals surface area (Å²) in [6.07, 6.45) is 10.7. The van der Waals surface area contributed by atoms with Gasteiger partial charge in [-0.15, -0.1) is 0 Å². The zero-order chi connectivity index (χ0) is 30.8. The molecule has 1 unspecified atom stereocenters. The Labute approximate surface area is 264 Å². The van der Waals surface area contributed by atoms with Crippen LogP contribution in [-0.4, -0.2) is 77.5 Å². The molecule has 2 aromatic carbocycles. The Kier molecular flexibility index (Phi) is 8.95. The van der Waals surface area contributed by atoms with Crippen molar-refractivity contribution >= 4 is 57.5 Å². The van der Waals surface area contributed by atoms with Crippen LogP contribution in [0.15, 0.2) is 42.9 Å². The number of hydrogen-bond donors (Lipinski definition) is 2. The summed E-state index contributed by atoms with van der Waals surface area (Å²) >= 11 is 1.85. The molecule has 0 radical (unpaired) electrons. The van der Waals surface area contributed by atoms with Crippen LogP contribution in [0.25, 0.3) is 11.0 Å². The molecule has 2 aliphatic rings. The van der Waals surface area contributed by atoms with Gasteiger partial charge in [0.05, 0.1) is 29.7 Å². The Balaban J connectivity index is 1.31. The normalized spacial score (nSPS) is 16.5. The average molecular weight is 614 g/mol. The third-order valence-corrected chi connectivity index (χ3v) is 9.79. The highest BCUT2D eigenvalue weighted by molar-refractivity contribution is 8.01. The average Bonchev–Trinajstić information content (AvgIpc) is 3.71. The van der Waals surface area contributed by atoms with E-state index in [-0.39, 0.29) is 0 Å². The fourth-order valence-electron chi connectivity index (χ4n) is 5.81. The van der Waals surface area contributed by atoms with Gasteiger partial charge in [-0.3, -0.25) is 9.97 Å². The number of hydrogen-bond acceptors (Lipinski definition) is 11. The van der Waals surface area contributed by atoms with Gasteiger partial charge in [-0.1, -0.05) is 13.8 Å². The van der Waals surface area contributed by atoms with Crippen molar-refractivity contribution in [1.82, 2.24) is 24.8 Å². The molecule has 0 amide bonds. The lowest BCUT2D eigenvalue weighted by atomic mass is 10.1. The van der Waals surface area contributed by atoms with E-state index in [9.17, 15) is 0 Å². The van der Waals surface area contributed by atoms with Crippen molar-refractivity contribution in [2.75, 3.05) is 61.2 Å². The number of aryl methyl sites for hydroxylation is 2. The molecule has 1 saturated carbocycles. The maximum Gasteiger partial charge on any atom is 0.229 e. The van der Waals surface area contributed by atoms with E-state index in [0.29, 0.717) is 17.2 Å². The van der Waals surface area contributed by atoms with Crippen molar-refractivity contribution in [3.05, 3.63) is 54.0 Å². The largest absolute Gasteiger partial charge is 0.494 e. The van der Waals surface area contributed by atoms with Gasteiger partial charge in [-0.25, -0.2) is 4.98 Å². The van der Waals surface area contributed by atoms with Crippen LogP contribution in [0.2, 0.25) is 0 Å². The maximum absolute atomic E-state index is 5.89. The van der Waals surface area contributed by atoms with E-state index >= 15 is 0 Å². The lowest BCUT2D eigenvalue weighted by Crippen LogP contribution is -2.31. The minimum Gasteiger partial charge on any atom is -0.494 e. The van der Waals surface area contributed by atoms with Gasteiger partial charge in [0, 0.05) is 67.3 Å². The van der Waals surface area contributed by atoms with Gasteiger partial charge in [0.25, 0.3) is 0 Å². The molecule has 11 heteroatoms. The Hall–Kier alpha value is -3.83. The van der Waals surface area contributed by atoms with E-state index in [0.717, 1.165) is 77.6 Å². The molecule has 6 rings (SSSR count). The van der Waals surface area contributed by atoms with Gasteiger partial charge in [0.15, 0.2) is 0 Å². The summed E-state index contributed by atoms with van der Waals surface area (Å²) in [5.41, 5.74) is 8.07. The monoisotopic (exact) mass is 613 g/mol. The molecule has 0 bridgehead atoms. The maximum atomic E-state index is 5.89. The Morgan fingerprint density at radius 2 is 1.75 bits per heavy atom. The number of ether oxygens (including phenoxy) is 1. The van der Waals surface area contributed by atoms with E-state index in [1.807, 2.05) is 24.2 Å². The minimum absolute atomic E-state index is 0.509. The molecule has 1 saturated heterocycles. The summed E-state index contributed by atoms with van der Waals surface area (Å²) in [4.78, 5) is 23.7. The third kappa shape index (κ3) is 6.34. The number of aromatic nitrogens is 4. The lowest BCUT2D eigenvalue weighted by molar-refractivity contribution is 0.315. The Morgan fingerprint density at radius 3 is 2.45 bits per heavy atom. The predicted octanol–water partition coefficient (Wildman–Crippen LogP) is 6.43. The smallest absolute Gasteiger partial charge is 0.229 e. The number of benzene rings is 2. The van der Waals surface area contributed by atoms with E-state index < -0.39 is 0 Å². The second kappa shape index (κ2) is 13.0. The SMILES string of the molecule is CCc1cc(Nc2ncc(CC)c(Nc3ccc4nccnc4c3N(C)SC3CC3)n2)c(OC)cc1N1CCC(N(C)C)C1. The summed E-state index contributed by atoms with van der Waals surface area (Å²) in [6.45, 7) is 6.38. The molecule has 4 aromatic rings.